The van der Waals surface area contributed by atoms with Crippen molar-refractivity contribution >= 4 is 11.3 Å². The zero-order chi connectivity index (χ0) is 13.2. The molecule has 1 heterocycles. The van der Waals surface area contributed by atoms with Crippen molar-refractivity contribution in [2.45, 2.75) is 59.4 Å². The molecule has 1 saturated carbocycles. The van der Waals surface area contributed by atoms with Crippen LogP contribution in [0.1, 0.15) is 62.9 Å². The molecule has 1 N–H and O–H groups in total. The minimum atomic E-state index is 0.474. The van der Waals surface area contributed by atoms with Crippen molar-refractivity contribution in [2.75, 3.05) is 6.54 Å². The Hall–Kier alpha value is -0.340. The maximum absolute atomic E-state index is 3.76. The molecular formula is C16H27NS. The summed E-state index contributed by atoms with van der Waals surface area (Å²) in [6.45, 7) is 10.5. The second kappa shape index (κ2) is 5.75. The summed E-state index contributed by atoms with van der Waals surface area (Å²) in [6.07, 6.45) is 5.57. The highest BCUT2D eigenvalue weighted by Gasteiger charge is 2.38. The van der Waals surface area contributed by atoms with Gasteiger partial charge in [0.05, 0.1) is 0 Å². The molecule has 0 bridgehead atoms. The third-order valence-electron chi connectivity index (χ3n) is 4.60. The van der Waals surface area contributed by atoms with Gasteiger partial charge in [-0.1, -0.05) is 33.6 Å². The predicted molar refractivity (Wildman–Crippen MR) is 81.2 cm³/mol. The van der Waals surface area contributed by atoms with Gasteiger partial charge in [0.15, 0.2) is 0 Å². The SMILES string of the molecule is CCNC(c1sccc1C)C1CCCCC1(C)C. The Labute approximate surface area is 116 Å². The van der Waals surface area contributed by atoms with Gasteiger partial charge >= 0.3 is 0 Å². The Morgan fingerprint density at radius 3 is 2.78 bits per heavy atom. The van der Waals surface area contributed by atoms with E-state index >= 15 is 0 Å². The van der Waals surface area contributed by atoms with E-state index < -0.39 is 0 Å². The van der Waals surface area contributed by atoms with Crippen LogP contribution in [-0.2, 0) is 0 Å². The number of hydrogen-bond donors (Lipinski definition) is 1. The van der Waals surface area contributed by atoms with Crippen molar-refractivity contribution in [3.63, 3.8) is 0 Å². The van der Waals surface area contributed by atoms with E-state index in [1.54, 1.807) is 4.88 Å². The molecule has 18 heavy (non-hydrogen) atoms. The normalized spacial score (nSPS) is 25.0. The summed E-state index contributed by atoms with van der Waals surface area (Å²) >= 11 is 1.93. The van der Waals surface area contributed by atoms with Crippen LogP contribution in [0.25, 0.3) is 0 Å². The summed E-state index contributed by atoms with van der Waals surface area (Å²) in [6, 6.07) is 2.82. The number of thiophene rings is 1. The Morgan fingerprint density at radius 2 is 2.22 bits per heavy atom. The van der Waals surface area contributed by atoms with E-state index in [2.05, 4.69) is 44.5 Å². The molecule has 1 aromatic heterocycles. The van der Waals surface area contributed by atoms with Crippen LogP contribution in [0.2, 0.25) is 0 Å². The van der Waals surface area contributed by atoms with E-state index in [-0.39, 0.29) is 0 Å². The monoisotopic (exact) mass is 265 g/mol. The first kappa shape index (κ1) is 14.1. The van der Waals surface area contributed by atoms with E-state index in [1.807, 2.05) is 11.3 Å². The second-order valence-corrected chi connectivity index (χ2v) is 7.29. The zero-order valence-corrected chi connectivity index (χ0v) is 13.1. The van der Waals surface area contributed by atoms with E-state index in [1.165, 1.54) is 31.2 Å². The number of hydrogen-bond acceptors (Lipinski definition) is 2. The third kappa shape index (κ3) is 2.80. The molecule has 1 aliphatic carbocycles. The Morgan fingerprint density at radius 1 is 1.44 bits per heavy atom. The van der Waals surface area contributed by atoms with Crippen molar-refractivity contribution in [2.24, 2.45) is 11.3 Å². The van der Waals surface area contributed by atoms with Crippen LogP contribution in [0.5, 0.6) is 0 Å². The molecule has 1 nitrogen and oxygen atoms in total. The zero-order valence-electron chi connectivity index (χ0n) is 12.3. The van der Waals surface area contributed by atoms with Gasteiger partial charge in [0, 0.05) is 10.9 Å². The van der Waals surface area contributed by atoms with E-state index in [9.17, 15) is 0 Å². The summed E-state index contributed by atoms with van der Waals surface area (Å²) in [4.78, 5) is 1.57. The van der Waals surface area contributed by atoms with Gasteiger partial charge in [-0.05, 0) is 54.7 Å². The minimum absolute atomic E-state index is 0.474. The number of nitrogens with one attached hydrogen (secondary N) is 1. The molecule has 102 valence electrons. The van der Waals surface area contributed by atoms with Crippen molar-refractivity contribution in [1.82, 2.24) is 5.32 Å². The lowest BCUT2D eigenvalue weighted by Gasteiger charge is -2.43. The molecule has 2 rings (SSSR count). The molecule has 1 fully saturated rings. The summed E-state index contributed by atoms with van der Waals surface area (Å²) in [5, 5.41) is 6.00. The molecule has 0 spiro atoms. The summed E-state index contributed by atoms with van der Waals surface area (Å²) in [5.41, 5.74) is 1.94. The first-order chi connectivity index (χ1) is 8.56. The smallest absolute Gasteiger partial charge is 0.0451 e. The molecule has 1 aromatic rings. The topological polar surface area (TPSA) is 12.0 Å². The van der Waals surface area contributed by atoms with Crippen molar-refractivity contribution < 1.29 is 0 Å². The first-order valence-electron chi connectivity index (χ1n) is 7.33. The average Bonchev–Trinajstić information content (AvgIpc) is 2.72. The lowest BCUT2D eigenvalue weighted by atomic mass is 9.65. The molecule has 0 amide bonds. The fourth-order valence-corrected chi connectivity index (χ4v) is 4.55. The predicted octanol–water partition coefficient (Wildman–Crippen LogP) is 4.92. The highest BCUT2D eigenvalue weighted by molar-refractivity contribution is 7.10. The van der Waals surface area contributed by atoms with Crippen LogP contribution in [-0.4, -0.2) is 6.54 Å². The van der Waals surface area contributed by atoms with Crippen LogP contribution >= 0.6 is 11.3 Å². The minimum Gasteiger partial charge on any atom is -0.309 e. The fraction of sp³-hybridized carbons (Fsp3) is 0.750. The lowest BCUT2D eigenvalue weighted by Crippen LogP contribution is -2.39. The first-order valence-corrected chi connectivity index (χ1v) is 8.21. The van der Waals surface area contributed by atoms with Gasteiger partial charge in [0.25, 0.3) is 0 Å². The van der Waals surface area contributed by atoms with Gasteiger partial charge < -0.3 is 5.32 Å². The van der Waals surface area contributed by atoms with Crippen LogP contribution in [0, 0.1) is 18.3 Å². The van der Waals surface area contributed by atoms with Gasteiger partial charge in [0.2, 0.25) is 0 Å². The quantitative estimate of drug-likeness (QED) is 0.814. The number of rotatable bonds is 4. The molecule has 1 aliphatic rings. The number of aryl methyl sites for hydroxylation is 1. The highest BCUT2D eigenvalue weighted by atomic mass is 32.1. The second-order valence-electron chi connectivity index (χ2n) is 6.34. The Balaban J connectivity index is 2.27. The van der Waals surface area contributed by atoms with Gasteiger partial charge in [-0.3, -0.25) is 0 Å². The average molecular weight is 265 g/mol. The molecule has 0 radical (unpaired) electrons. The van der Waals surface area contributed by atoms with E-state index in [0.717, 1.165) is 12.5 Å². The van der Waals surface area contributed by atoms with Crippen molar-refractivity contribution in [3.8, 4) is 0 Å². The van der Waals surface area contributed by atoms with Crippen LogP contribution < -0.4 is 5.32 Å². The fourth-order valence-electron chi connectivity index (χ4n) is 3.48. The van der Waals surface area contributed by atoms with Gasteiger partial charge in [-0.2, -0.15) is 0 Å². The van der Waals surface area contributed by atoms with E-state index in [4.69, 9.17) is 0 Å². The molecule has 2 atom stereocenters. The standard InChI is InChI=1S/C16H27NS/c1-5-17-14(15-12(2)9-11-18-15)13-8-6-7-10-16(13,3)4/h9,11,13-14,17H,5-8,10H2,1-4H3. The maximum Gasteiger partial charge on any atom is 0.0451 e. The summed E-state index contributed by atoms with van der Waals surface area (Å²) < 4.78 is 0. The molecule has 0 aliphatic heterocycles. The van der Waals surface area contributed by atoms with Crippen molar-refractivity contribution in [3.05, 3.63) is 21.9 Å². The summed E-state index contributed by atoms with van der Waals surface area (Å²) in [7, 11) is 0. The van der Waals surface area contributed by atoms with Crippen molar-refractivity contribution in [1.29, 1.82) is 0 Å². The van der Waals surface area contributed by atoms with Gasteiger partial charge in [-0.25, -0.2) is 0 Å². The molecule has 2 heteroatoms. The van der Waals surface area contributed by atoms with E-state index in [0.29, 0.717) is 11.5 Å². The highest BCUT2D eigenvalue weighted by Crippen LogP contribution is 2.48. The molecular weight excluding hydrogens is 238 g/mol. The summed E-state index contributed by atoms with van der Waals surface area (Å²) in [5.74, 6) is 0.781. The van der Waals surface area contributed by atoms with Crippen LogP contribution in [0.3, 0.4) is 0 Å². The maximum atomic E-state index is 3.76. The molecule has 0 aromatic carbocycles. The molecule has 0 saturated heterocycles. The Bertz CT molecular complexity index is 380. The van der Waals surface area contributed by atoms with Gasteiger partial charge in [0.1, 0.15) is 0 Å². The largest absolute Gasteiger partial charge is 0.309 e. The third-order valence-corrected chi connectivity index (χ3v) is 5.70. The molecule has 2 unspecified atom stereocenters. The van der Waals surface area contributed by atoms with Crippen LogP contribution in [0.15, 0.2) is 11.4 Å². The van der Waals surface area contributed by atoms with Gasteiger partial charge in [-0.15, -0.1) is 11.3 Å². The Kier molecular flexibility index (Phi) is 4.50. The lowest BCUT2D eigenvalue weighted by molar-refractivity contribution is 0.0999. The van der Waals surface area contributed by atoms with Crippen LogP contribution in [0.4, 0.5) is 0 Å².